The fourth-order valence-corrected chi connectivity index (χ4v) is 0.236. The van der Waals surface area contributed by atoms with Crippen molar-refractivity contribution in [2.45, 2.75) is 0 Å². The normalized spacial score (nSPS) is 12.4. The van der Waals surface area contributed by atoms with Crippen LogP contribution in [0.3, 0.4) is 0 Å². The van der Waals surface area contributed by atoms with Crippen LogP contribution in [0.25, 0.3) is 0 Å². The van der Waals surface area contributed by atoms with Crippen LogP contribution in [0.1, 0.15) is 0 Å². The minimum Gasteiger partial charge on any atom is -0.328 e. The van der Waals surface area contributed by atoms with Gasteiger partial charge in [0.05, 0.1) is 0 Å². The first-order valence-electron chi connectivity index (χ1n) is 2.05. The number of nitrogens with zero attached hydrogens (tertiary/aromatic N) is 3. The van der Waals surface area contributed by atoms with Crippen LogP contribution in [-0.2, 0) is 0 Å². The molecule has 6 heteroatoms. The van der Waals surface area contributed by atoms with E-state index in [1.54, 1.807) is 12.4 Å². The molecule has 0 aromatic rings. The molecule has 0 spiro atoms. The van der Waals surface area contributed by atoms with Gasteiger partial charge in [-0.2, -0.15) is 0 Å². The SMILES string of the molecule is C1=NCN=C1.O=[N+]([O-])O. The van der Waals surface area contributed by atoms with Crippen LogP contribution in [0, 0.1) is 10.1 Å². The highest BCUT2D eigenvalue weighted by Crippen LogP contribution is 1.72. The second-order valence-electron chi connectivity index (χ2n) is 1.04. The Kier molecular flexibility index (Phi) is 3.93. The summed E-state index contributed by atoms with van der Waals surface area (Å²) in [6.45, 7) is 0.639. The molecule has 1 rings (SSSR count). The molecule has 1 N–H and O–H groups in total. The van der Waals surface area contributed by atoms with Crippen LogP contribution < -0.4 is 0 Å². The first-order chi connectivity index (χ1) is 4.23. The summed E-state index contributed by atoms with van der Waals surface area (Å²) in [6.07, 6.45) is 3.39. The lowest BCUT2D eigenvalue weighted by atomic mass is 10.9. The van der Waals surface area contributed by atoms with E-state index in [0.29, 0.717) is 6.67 Å². The van der Waals surface area contributed by atoms with Gasteiger partial charge in [0.1, 0.15) is 6.67 Å². The maximum atomic E-state index is 8.36. The molecule has 0 saturated heterocycles. The molecule has 0 radical (unpaired) electrons. The van der Waals surface area contributed by atoms with Crippen LogP contribution in [-0.4, -0.2) is 29.4 Å². The molecule has 1 aliphatic rings. The molecule has 0 unspecified atom stereocenters. The van der Waals surface area contributed by atoms with E-state index in [4.69, 9.17) is 15.3 Å². The monoisotopic (exact) mass is 131 g/mol. The third-order valence-corrected chi connectivity index (χ3v) is 0.441. The van der Waals surface area contributed by atoms with E-state index in [-0.39, 0.29) is 0 Å². The van der Waals surface area contributed by atoms with Crippen LogP contribution in [0.15, 0.2) is 9.98 Å². The van der Waals surface area contributed by atoms with Gasteiger partial charge in [0.2, 0.25) is 0 Å². The van der Waals surface area contributed by atoms with Gasteiger partial charge in [-0.05, 0) is 0 Å². The lowest BCUT2D eigenvalue weighted by Crippen LogP contribution is -1.81. The summed E-state index contributed by atoms with van der Waals surface area (Å²) in [5, 5.41) is 13.6. The number of rotatable bonds is 0. The topological polar surface area (TPSA) is 88.1 Å². The van der Waals surface area contributed by atoms with Gasteiger partial charge in [-0.15, -0.1) is 10.1 Å². The predicted octanol–water partition coefficient (Wildman–Crippen LogP) is -0.249. The molecule has 0 aromatic heterocycles. The number of aliphatic imine (C=N–C) groups is 2. The van der Waals surface area contributed by atoms with Crippen LogP contribution in [0.2, 0.25) is 0 Å². The molecule has 0 fully saturated rings. The molecule has 0 atom stereocenters. The Morgan fingerprint density at radius 2 is 1.89 bits per heavy atom. The summed E-state index contributed by atoms with van der Waals surface area (Å²) in [5.41, 5.74) is 0. The maximum absolute atomic E-state index is 8.36. The molecular formula is C3H5N3O3. The Labute approximate surface area is 50.7 Å². The minimum absolute atomic E-state index is 0.639. The van der Waals surface area contributed by atoms with Gasteiger partial charge >= 0.3 is 0 Å². The summed E-state index contributed by atoms with van der Waals surface area (Å²) >= 11 is 0. The van der Waals surface area contributed by atoms with E-state index in [1.165, 1.54) is 0 Å². The molecule has 1 aliphatic heterocycles. The van der Waals surface area contributed by atoms with Gasteiger partial charge in [0.25, 0.3) is 5.09 Å². The smallest absolute Gasteiger partial charge is 0.291 e. The molecule has 50 valence electrons. The summed E-state index contributed by atoms with van der Waals surface area (Å²) in [5.74, 6) is 0. The van der Waals surface area contributed by atoms with Crippen LogP contribution in [0.4, 0.5) is 0 Å². The third kappa shape index (κ3) is 10.8. The highest BCUT2D eigenvalue weighted by Gasteiger charge is 1.72. The molecule has 0 saturated carbocycles. The second kappa shape index (κ2) is 4.69. The zero-order chi connectivity index (χ0) is 7.11. The van der Waals surface area contributed by atoms with Crippen molar-refractivity contribution >= 4 is 12.4 Å². The zero-order valence-electron chi connectivity index (χ0n) is 4.47. The van der Waals surface area contributed by atoms with Crippen molar-refractivity contribution in [2.75, 3.05) is 6.67 Å². The van der Waals surface area contributed by atoms with Crippen molar-refractivity contribution in [3.8, 4) is 0 Å². The Morgan fingerprint density at radius 1 is 1.56 bits per heavy atom. The summed E-state index contributed by atoms with van der Waals surface area (Å²) in [4.78, 5) is 15.8. The van der Waals surface area contributed by atoms with Gasteiger partial charge in [-0.1, -0.05) is 0 Å². The van der Waals surface area contributed by atoms with Gasteiger partial charge in [-0.3, -0.25) is 9.98 Å². The zero-order valence-corrected chi connectivity index (χ0v) is 4.47. The second-order valence-corrected chi connectivity index (χ2v) is 1.04. The predicted molar refractivity (Wildman–Crippen MR) is 30.6 cm³/mol. The fraction of sp³-hybridized carbons (Fsp3) is 0.333. The molecule has 0 aliphatic carbocycles. The molecule has 0 bridgehead atoms. The summed E-state index contributed by atoms with van der Waals surface area (Å²) in [7, 11) is 0. The van der Waals surface area contributed by atoms with Gasteiger partial charge in [0.15, 0.2) is 0 Å². The summed E-state index contributed by atoms with van der Waals surface area (Å²) < 4.78 is 0. The van der Waals surface area contributed by atoms with Gasteiger partial charge < -0.3 is 5.21 Å². The number of hydrogen-bond acceptors (Lipinski definition) is 4. The highest BCUT2D eigenvalue weighted by molar-refractivity contribution is 6.17. The van der Waals surface area contributed by atoms with E-state index < -0.39 is 5.09 Å². The first kappa shape index (κ1) is 7.54. The third-order valence-electron chi connectivity index (χ3n) is 0.441. The van der Waals surface area contributed by atoms with Crippen molar-refractivity contribution < 1.29 is 10.3 Å². The average Bonchev–Trinajstić information content (AvgIpc) is 2.11. The largest absolute Gasteiger partial charge is 0.328 e. The number of hydrogen-bond donors (Lipinski definition) is 1. The quantitative estimate of drug-likeness (QED) is 0.363. The Balaban J connectivity index is 0.000000148. The maximum Gasteiger partial charge on any atom is 0.291 e. The van der Waals surface area contributed by atoms with E-state index in [2.05, 4.69) is 9.98 Å². The molecule has 0 amide bonds. The fourth-order valence-electron chi connectivity index (χ4n) is 0.236. The molecule has 0 aromatic carbocycles. The highest BCUT2D eigenvalue weighted by atomic mass is 16.9. The van der Waals surface area contributed by atoms with Crippen LogP contribution >= 0.6 is 0 Å². The molecule has 9 heavy (non-hydrogen) atoms. The first-order valence-corrected chi connectivity index (χ1v) is 2.05. The van der Waals surface area contributed by atoms with E-state index in [9.17, 15) is 0 Å². The molecule has 6 nitrogen and oxygen atoms in total. The van der Waals surface area contributed by atoms with Crippen molar-refractivity contribution in [3.05, 3.63) is 10.1 Å². The van der Waals surface area contributed by atoms with Crippen molar-refractivity contribution in [3.63, 3.8) is 0 Å². The van der Waals surface area contributed by atoms with E-state index >= 15 is 0 Å². The Hall–Kier alpha value is -1.46. The summed E-state index contributed by atoms with van der Waals surface area (Å²) in [6, 6.07) is 0. The average molecular weight is 131 g/mol. The van der Waals surface area contributed by atoms with Crippen molar-refractivity contribution in [2.24, 2.45) is 9.98 Å². The van der Waals surface area contributed by atoms with Crippen molar-refractivity contribution in [1.82, 2.24) is 0 Å². The molecular weight excluding hydrogens is 126 g/mol. The molecule has 1 heterocycles. The van der Waals surface area contributed by atoms with Crippen molar-refractivity contribution in [1.29, 1.82) is 0 Å². The van der Waals surface area contributed by atoms with E-state index in [0.717, 1.165) is 0 Å². The van der Waals surface area contributed by atoms with Crippen LogP contribution in [0.5, 0.6) is 0 Å². The van der Waals surface area contributed by atoms with Gasteiger partial charge in [-0.25, -0.2) is 0 Å². The Morgan fingerprint density at radius 3 is 2.00 bits per heavy atom. The lowest BCUT2D eigenvalue weighted by Gasteiger charge is -1.61. The minimum atomic E-state index is -1.50. The van der Waals surface area contributed by atoms with Gasteiger partial charge in [0, 0.05) is 12.4 Å². The van der Waals surface area contributed by atoms with E-state index in [1.807, 2.05) is 0 Å². The standard InChI is InChI=1S/C3H4N2.HNO3/c1-2-5-3-4-1;2-1(3)4/h1-2H,3H2;(H,2,3,4). The Bertz CT molecular complexity index is 127. The lowest BCUT2D eigenvalue weighted by molar-refractivity contribution is -0.742.